The minimum absolute atomic E-state index is 0.224. The van der Waals surface area contributed by atoms with Gasteiger partial charge in [-0.1, -0.05) is 42.0 Å². The number of carbonyl (C=O) groups excluding carboxylic acids is 2. The fourth-order valence-electron chi connectivity index (χ4n) is 2.60. The van der Waals surface area contributed by atoms with Crippen LogP contribution in [0, 0.1) is 6.92 Å². The number of benzene rings is 2. The predicted octanol–water partition coefficient (Wildman–Crippen LogP) is 4.08. The number of rotatable bonds is 6. The zero-order chi connectivity index (χ0) is 20.3. The van der Waals surface area contributed by atoms with Crippen LogP contribution in [0.5, 0.6) is 5.75 Å². The fraction of sp³-hybridized carbons (Fsp3) is 0.190. The normalized spacial score (nSPS) is 16.5. The lowest BCUT2D eigenvalue weighted by molar-refractivity contribution is -0.144. The third kappa shape index (κ3) is 4.61. The molecule has 1 fully saturated rings. The summed E-state index contributed by atoms with van der Waals surface area (Å²) in [6.45, 7) is 3.63. The van der Waals surface area contributed by atoms with Crippen LogP contribution in [0.25, 0.3) is 6.08 Å². The van der Waals surface area contributed by atoms with Crippen LogP contribution in [0.2, 0.25) is 0 Å². The number of aliphatic carboxylic acids is 1. The highest BCUT2D eigenvalue weighted by atomic mass is 32.2. The number of hydrogen-bond acceptors (Lipinski definition) is 5. The van der Waals surface area contributed by atoms with Gasteiger partial charge in [-0.3, -0.25) is 14.5 Å². The molecule has 0 saturated carbocycles. The SMILES string of the molecule is Cc1ccc(CN2C(=O)S/C(=C/c3cccc(OC(C)C(=O)O)c3)C2=O)cc1. The first-order valence-corrected chi connectivity index (χ1v) is 9.45. The van der Waals surface area contributed by atoms with Gasteiger partial charge in [0.1, 0.15) is 5.75 Å². The number of carbonyl (C=O) groups is 3. The molecule has 3 rings (SSSR count). The van der Waals surface area contributed by atoms with Gasteiger partial charge in [-0.05, 0) is 54.9 Å². The molecular formula is C21H19NO5S. The average molecular weight is 397 g/mol. The van der Waals surface area contributed by atoms with Crippen LogP contribution < -0.4 is 4.74 Å². The first kappa shape index (κ1) is 19.7. The Balaban J connectivity index is 1.76. The van der Waals surface area contributed by atoms with Crippen molar-refractivity contribution in [2.24, 2.45) is 0 Å². The van der Waals surface area contributed by atoms with Gasteiger partial charge >= 0.3 is 5.97 Å². The number of ether oxygens (including phenoxy) is 1. The lowest BCUT2D eigenvalue weighted by Gasteiger charge is -2.12. The Morgan fingerprint density at radius 3 is 2.61 bits per heavy atom. The van der Waals surface area contributed by atoms with E-state index < -0.39 is 12.1 Å². The van der Waals surface area contributed by atoms with Crippen molar-refractivity contribution >= 4 is 35.0 Å². The maximum atomic E-state index is 12.7. The Bertz CT molecular complexity index is 952. The molecule has 2 aromatic carbocycles. The topological polar surface area (TPSA) is 83.9 Å². The monoisotopic (exact) mass is 397 g/mol. The summed E-state index contributed by atoms with van der Waals surface area (Å²) in [7, 11) is 0. The van der Waals surface area contributed by atoms with Gasteiger partial charge in [0.05, 0.1) is 11.4 Å². The first-order valence-electron chi connectivity index (χ1n) is 8.64. The molecule has 0 aromatic heterocycles. The van der Waals surface area contributed by atoms with E-state index in [1.807, 2.05) is 31.2 Å². The zero-order valence-corrected chi connectivity index (χ0v) is 16.2. The molecule has 6 nitrogen and oxygen atoms in total. The molecule has 0 bridgehead atoms. The van der Waals surface area contributed by atoms with E-state index in [0.29, 0.717) is 16.2 Å². The highest BCUT2D eigenvalue weighted by Crippen LogP contribution is 2.33. The molecule has 2 aromatic rings. The molecule has 1 aliphatic rings. The van der Waals surface area contributed by atoms with Gasteiger partial charge in [0.15, 0.2) is 6.10 Å². The Labute approximate surface area is 166 Å². The molecule has 28 heavy (non-hydrogen) atoms. The van der Waals surface area contributed by atoms with E-state index in [2.05, 4.69) is 0 Å². The molecule has 1 N–H and O–H groups in total. The number of nitrogens with zero attached hydrogens (tertiary/aromatic N) is 1. The van der Waals surface area contributed by atoms with E-state index in [-0.39, 0.29) is 17.7 Å². The number of carboxylic acid groups (broad SMARTS) is 1. The number of amides is 2. The number of hydrogen-bond donors (Lipinski definition) is 1. The molecule has 144 valence electrons. The second-order valence-electron chi connectivity index (χ2n) is 6.42. The summed E-state index contributed by atoms with van der Waals surface area (Å²) in [4.78, 5) is 37.4. The maximum Gasteiger partial charge on any atom is 0.344 e. The van der Waals surface area contributed by atoms with Crippen LogP contribution in [0.4, 0.5) is 4.79 Å². The second kappa shape index (κ2) is 8.31. The zero-order valence-electron chi connectivity index (χ0n) is 15.4. The van der Waals surface area contributed by atoms with E-state index in [9.17, 15) is 14.4 Å². The number of imide groups is 1. The van der Waals surface area contributed by atoms with Gasteiger partial charge in [0.25, 0.3) is 11.1 Å². The molecule has 1 aliphatic heterocycles. The van der Waals surface area contributed by atoms with Crippen LogP contribution in [-0.4, -0.2) is 33.2 Å². The first-order chi connectivity index (χ1) is 13.3. The van der Waals surface area contributed by atoms with Crippen molar-refractivity contribution < 1.29 is 24.2 Å². The van der Waals surface area contributed by atoms with Gasteiger partial charge in [0, 0.05) is 0 Å². The molecule has 1 heterocycles. The van der Waals surface area contributed by atoms with Crippen LogP contribution in [0.1, 0.15) is 23.6 Å². The van der Waals surface area contributed by atoms with Crippen molar-refractivity contribution in [2.75, 3.05) is 0 Å². The van der Waals surface area contributed by atoms with Crippen molar-refractivity contribution in [3.05, 3.63) is 70.1 Å². The summed E-state index contributed by atoms with van der Waals surface area (Å²) in [6, 6.07) is 14.4. The van der Waals surface area contributed by atoms with Crippen molar-refractivity contribution in [2.45, 2.75) is 26.5 Å². The predicted molar refractivity (Wildman–Crippen MR) is 107 cm³/mol. The van der Waals surface area contributed by atoms with Crippen LogP contribution in [0.3, 0.4) is 0 Å². The molecule has 0 aliphatic carbocycles. The van der Waals surface area contributed by atoms with Crippen molar-refractivity contribution in [1.82, 2.24) is 4.90 Å². The lowest BCUT2D eigenvalue weighted by atomic mass is 10.1. The van der Waals surface area contributed by atoms with Gasteiger partial charge in [-0.15, -0.1) is 0 Å². The second-order valence-corrected chi connectivity index (χ2v) is 7.42. The quantitative estimate of drug-likeness (QED) is 0.740. The van der Waals surface area contributed by atoms with E-state index in [1.54, 1.807) is 30.3 Å². The van der Waals surface area contributed by atoms with Crippen LogP contribution >= 0.6 is 11.8 Å². The van der Waals surface area contributed by atoms with Gasteiger partial charge in [-0.2, -0.15) is 0 Å². The molecule has 0 radical (unpaired) electrons. The van der Waals surface area contributed by atoms with Crippen LogP contribution in [-0.2, 0) is 16.1 Å². The van der Waals surface area contributed by atoms with Gasteiger partial charge in [-0.25, -0.2) is 4.79 Å². The van der Waals surface area contributed by atoms with E-state index in [0.717, 1.165) is 22.9 Å². The fourth-order valence-corrected chi connectivity index (χ4v) is 3.43. The van der Waals surface area contributed by atoms with E-state index in [1.165, 1.54) is 11.8 Å². The standard InChI is InChI=1S/C21H19NO5S/c1-13-6-8-15(9-7-13)12-22-19(23)18(28-21(22)26)11-16-4-3-5-17(10-16)27-14(2)20(24)25/h3-11,14H,12H2,1-2H3,(H,24,25)/b18-11+. The smallest absolute Gasteiger partial charge is 0.344 e. The summed E-state index contributed by atoms with van der Waals surface area (Å²) >= 11 is 0.887. The third-order valence-corrected chi connectivity index (χ3v) is 5.06. The number of carboxylic acids is 1. The molecule has 1 unspecified atom stereocenters. The maximum absolute atomic E-state index is 12.7. The van der Waals surface area contributed by atoms with Crippen LogP contribution in [0.15, 0.2) is 53.4 Å². The van der Waals surface area contributed by atoms with Gasteiger partial charge < -0.3 is 9.84 Å². The molecule has 2 amide bonds. The lowest BCUT2D eigenvalue weighted by Crippen LogP contribution is -2.27. The molecule has 1 saturated heterocycles. The summed E-state index contributed by atoms with van der Waals surface area (Å²) < 4.78 is 5.34. The Morgan fingerprint density at radius 1 is 1.21 bits per heavy atom. The minimum atomic E-state index is -1.07. The highest BCUT2D eigenvalue weighted by molar-refractivity contribution is 8.18. The van der Waals surface area contributed by atoms with Crippen molar-refractivity contribution in [3.8, 4) is 5.75 Å². The number of aryl methyl sites for hydroxylation is 1. The number of thioether (sulfide) groups is 1. The Hall–Kier alpha value is -3.06. The molecule has 0 spiro atoms. The molecular weight excluding hydrogens is 378 g/mol. The van der Waals surface area contributed by atoms with E-state index in [4.69, 9.17) is 9.84 Å². The third-order valence-electron chi connectivity index (χ3n) is 4.15. The summed E-state index contributed by atoms with van der Waals surface area (Å²) in [6.07, 6.45) is 0.621. The van der Waals surface area contributed by atoms with Gasteiger partial charge in [0.2, 0.25) is 0 Å². The molecule has 1 atom stereocenters. The molecule has 7 heteroatoms. The van der Waals surface area contributed by atoms with Crippen molar-refractivity contribution in [3.63, 3.8) is 0 Å². The Kier molecular flexibility index (Phi) is 5.84. The average Bonchev–Trinajstić information content (AvgIpc) is 2.91. The summed E-state index contributed by atoms with van der Waals surface area (Å²) in [5, 5.41) is 8.63. The van der Waals surface area contributed by atoms with E-state index >= 15 is 0 Å². The summed E-state index contributed by atoms with van der Waals surface area (Å²) in [5.41, 5.74) is 2.64. The summed E-state index contributed by atoms with van der Waals surface area (Å²) in [5.74, 6) is -1.04. The minimum Gasteiger partial charge on any atom is -0.479 e. The largest absolute Gasteiger partial charge is 0.479 e. The van der Waals surface area contributed by atoms with Crippen molar-refractivity contribution in [1.29, 1.82) is 0 Å². The Morgan fingerprint density at radius 2 is 1.93 bits per heavy atom. The highest BCUT2D eigenvalue weighted by Gasteiger charge is 2.34.